The van der Waals surface area contributed by atoms with Gasteiger partial charge >= 0.3 is 5.97 Å². The van der Waals surface area contributed by atoms with Crippen LogP contribution in [-0.4, -0.2) is 18.2 Å². The number of hydrogen-bond donors (Lipinski definition) is 1. The molecule has 0 spiro atoms. The van der Waals surface area contributed by atoms with Crippen LogP contribution in [0.15, 0.2) is 90.6 Å². The van der Waals surface area contributed by atoms with Gasteiger partial charge in [0.25, 0.3) is 0 Å². The zero-order chi connectivity index (χ0) is 21.3. The third-order valence-corrected chi connectivity index (χ3v) is 4.40. The normalized spacial score (nSPS) is 11.1. The lowest BCUT2D eigenvalue weighted by Gasteiger charge is -2.21. The molecule has 1 N–H and O–H groups in total. The SMILES string of the molecule is COc1ccc(/C=C/N(c2ccccc2)c2ccc(/C=C(/C#N)C(=O)O)cc2)cc1. The third-order valence-electron chi connectivity index (χ3n) is 4.40. The maximum Gasteiger partial charge on any atom is 0.346 e. The number of carboxylic acids is 1. The molecule has 0 heterocycles. The maximum absolute atomic E-state index is 11.0. The average molecular weight is 396 g/mol. The summed E-state index contributed by atoms with van der Waals surface area (Å²) in [4.78, 5) is 13.1. The fourth-order valence-electron chi connectivity index (χ4n) is 2.83. The molecule has 0 radical (unpaired) electrons. The minimum absolute atomic E-state index is 0.304. The molecule has 0 aromatic heterocycles. The van der Waals surface area contributed by atoms with Crippen LogP contribution >= 0.6 is 0 Å². The molecular weight excluding hydrogens is 376 g/mol. The van der Waals surface area contributed by atoms with Crippen LogP contribution in [-0.2, 0) is 4.79 Å². The molecule has 5 nitrogen and oxygen atoms in total. The minimum atomic E-state index is -1.24. The molecule has 0 aliphatic carbocycles. The second kappa shape index (κ2) is 9.76. The van der Waals surface area contributed by atoms with Crippen molar-refractivity contribution in [3.8, 4) is 11.8 Å². The van der Waals surface area contributed by atoms with Gasteiger partial charge in [0.2, 0.25) is 0 Å². The van der Waals surface area contributed by atoms with E-state index in [2.05, 4.69) is 0 Å². The third kappa shape index (κ3) is 5.15. The van der Waals surface area contributed by atoms with Crippen molar-refractivity contribution in [3.05, 3.63) is 102 Å². The van der Waals surface area contributed by atoms with Crippen molar-refractivity contribution in [2.45, 2.75) is 0 Å². The van der Waals surface area contributed by atoms with Crippen LogP contribution < -0.4 is 9.64 Å². The number of nitrogens with zero attached hydrogens (tertiary/aromatic N) is 2. The molecule has 0 saturated heterocycles. The Hall–Kier alpha value is -4.30. The fourth-order valence-corrected chi connectivity index (χ4v) is 2.83. The second-order valence-electron chi connectivity index (χ2n) is 6.36. The number of benzene rings is 3. The van der Waals surface area contributed by atoms with Gasteiger partial charge in [0.05, 0.1) is 7.11 Å². The van der Waals surface area contributed by atoms with E-state index in [-0.39, 0.29) is 5.57 Å². The van der Waals surface area contributed by atoms with Gasteiger partial charge in [-0.2, -0.15) is 5.26 Å². The molecule has 148 valence electrons. The molecule has 0 fully saturated rings. The Morgan fingerprint density at radius 1 is 0.933 bits per heavy atom. The Kier molecular flexibility index (Phi) is 6.65. The molecule has 3 aromatic rings. The van der Waals surface area contributed by atoms with E-state index < -0.39 is 5.97 Å². The van der Waals surface area contributed by atoms with Crippen molar-refractivity contribution in [3.63, 3.8) is 0 Å². The minimum Gasteiger partial charge on any atom is -0.497 e. The number of para-hydroxylation sites is 1. The van der Waals surface area contributed by atoms with E-state index in [1.54, 1.807) is 25.3 Å². The van der Waals surface area contributed by atoms with Crippen LogP contribution in [0.4, 0.5) is 11.4 Å². The van der Waals surface area contributed by atoms with E-state index in [9.17, 15) is 4.79 Å². The Balaban J connectivity index is 1.92. The van der Waals surface area contributed by atoms with Gasteiger partial charge in [-0.3, -0.25) is 0 Å². The van der Waals surface area contributed by atoms with Crippen LogP contribution in [0.25, 0.3) is 12.2 Å². The van der Waals surface area contributed by atoms with Crippen molar-refractivity contribution in [2.24, 2.45) is 0 Å². The van der Waals surface area contributed by atoms with Gasteiger partial charge in [-0.15, -0.1) is 0 Å². The summed E-state index contributed by atoms with van der Waals surface area (Å²) in [5, 5.41) is 18.0. The highest BCUT2D eigenvalue weighted by Gasteiger charge is 2.08. The van der Waals surface area contributed by atoms with Gasteiger partial charge < -0.3 is 14.7 Å². The fraction of sp³-hybridized carbons (Fsp3) is 0.0400. The lowest BCUT2D eigenvalue weighted by Crippen LogP contribution is -2.08. The summed E-state index contributed by atoms with van der Waals surface area (Å²) in [6.07, 6.45) is 5.32. The maximum atomic E-state index is 11.0. The number of methoxy groups -OCH3 is 1. The summed E-state index contributed by atoms with van der Waals surface area (Å²) >= 11 is 0. The smallest absolute Gasteiger partial charge is 0.346 e. The molecule has 30 heavy (non-hydrogen) atoms. The summed E-state index contributed by atoms with van der Waals surface area (Å²) in [5.74, 6) is -0.441. The highest BCUT2D eigenvalue weighted by Crippen LogP contribution is 2.27. The Labute approximate surface area is 175 Å². The van der Waals surface area contributed by atoms with Gasteiger partial charge in [-0.05, 0) is 59.7 Å². The van der Waals surface area contributed by atoms with Gasteiger partial charge in [0.15, 0.2) is 0 Å². The first kappa shape index (κ1) is 20.4. The lowest BCUT2D eigenvalue weighted by atomic mass is 10.1. The van der Waals surface area contributed by atoms with Crippen molar-refractivity contribution >= 4 is 29.5 Å². The molecule has 3 rings (SSSR count). The quantitative estimate of drug-likeness (QED) is 0.422. The summed E-state index contributed by atoms with van der Waals surface area (Å²) in [7, 11) is 1.64. The van der Waals surface area contributed by atoms with Gasteiger partial charge in [0.1, 0.15) is 17.4 Å². The topological polar surface area (TPSA) is 73.6 Å². The number of rotatable bonds is 7. The molecule has 3 aromatic carbocycles. The highest BCUT2D eigenvalue weighted by molar-refractivity contribution is 5.96. The Morgan fingerprint density at radius 3 is 2.10 bits per heavy atom. The number of anilines is 2. The first-order chi connectivity index (χ1) is 14.6. The van der Waals surface area contributed by atoms with E-state index in [1.807, 2.05) is 83.9 Å². The van der Waals surface area contributed by atoms with Crippen molar-refractivity contribution < 1.29 is 14.6 Å². The van der Waals surface area contributed by atoms with Crippen LogP contribution in [0.3, 0.4) is 0 Å². The predicted molar refractivity (Wildman–Crippen MR) is 118 cm³/mol. The van der Waals surface area contributed by atoms with Crippen LogP contribution in [0, 0.1) is 11.3 Å². The van der Waals surface area contributed by atoms with E-state index >= 15 is 0 Å². The summed E-state index contributed by atoms with van der Waals surface area (Å²) in [6.45, 7) is 0. The molecule has 0 aliphatic heterocycles. The van der Waals surface area contributed by atoms with Gasteiger partial charge in [0, 0.05) is 17.6 Å². The zero-order valence-electron chi connectivity index (χ0n) is 16.4. The van der Waals surface area contributed by atoms with E-state index in [0.29, 0.717) is 5.56 Å². The summed E-state index contributed by atoms with van der Waals surface area (Å²) < 4.78 is 5.20. The average Bonchev–Trinajstić information content (AvgIpc) is 2.79. The standard InChI is InChI=1S/C25H20N2O3/c1-30-24-13-9-19(10-14-24)15-16-27(22-5-3-2-4-6-22)23-11-7-20(8-12-23)17-21(18-26)25(28)29/h2-17H,1H3,(H,28,29)/b16-15+,21-17-. The van der Waals surface area contributed by atoms with E-state index in [4.69, 9.17) is 15.1 Å². The molecule has 0 atom stereocenters. The Morgan fingerprint density at radius 2 is 1.53 bits per heavy atom. The number of carboxylic acid groups (broad SMARTS) is 1. The predicted octanol–water partition coefficient (Wildman–Crippen LogP) is 5.50. The first-order valence-electron chi connectivity index (χ1n) is 9.22. The largest absolute Gasteiger partial charge is 0.497 e. The molecule has 0 unspecified atom stereocenters. The molecule has 0 aliphatic rings. The molecule has 0 saturated carbocycles. The summed E-state index contributed by atoms with van der Waals surface area (Å²) in [5.41, 5.74) is 3.24. The van der Waals surface area contributed by atoms with Crippen molar-refractivity contribution in [1.29, 1.82) is 5.26 Å². The monoisotopic (exact) mass is 396 g/mol. The Bertz CT molecular complexity index is 1090. The van der Waals surface area contributed by atoms with Crippen molar-refractivity contribution in [1.82, 2.24) is 0 Å². The van der Waals surface area contributed by atoms with Crippen molar-refractivity contribution in [2.75, 3.05) is 12.0 Å². The summed E-state index contributed by atoms with van der Waals surface area (Å²) in [6, 6.07) is 26.7. The van der Waals surface area contributed by atoms with Gasteiger partial charge in [-0.1, -0.05) is 42.5 Å². The van der Waals surface area contributed by atoms with Crippen LogP contribution in [0.1, 0.15) is 11.1 Å². The number of aliphatic carboxylic acids is 1. The number of nitriles is 1. The van der Waals surface area contributed by atoms with Gasteiger partial charge in [-0.25, -0.2) is 4.79 Å². The number of hydrogen-bond acceptors (Lipinski definition) is 4. The first-order valence-corrected chi connectivity index (χ1v) is 9.22. The molecule has 0 bridgehead atoms. The van der Waals surface area contributed by atoms with Crippen LogP contribution in [0.2, 0.25) is 0 Å². The molecule has 5 heteroatoms. The highest BCUT2D eigenvalue weighted by atomic mass is 16.5. The molecule has 0 amide bonds. The van der Waals surface area contributed by atoms with E-state index in [0.717, 1.165) is 22.7 Å². The van der Waals surface area contributed by atoms with E-state index in [1.165, 1.54) is 6.08 Å². The second-order valence-corrected chi connectivity index (χ2v) is 6.36. The van der Waals surface area contributed by atoms with Crippen LogP contribution in [0.5, 0.6) is 5.75 Å². The zero-order valence-corrected chi connectivity index (χ0v) is 16.4. The lowest BCUT2D eigenvalue weighted by molar-refractivity contribution is -0.132. The number of carbonyl (C=O) groups is 1. The number of ether oxygens (including phenoxy) is 1. The molecular formula is C25H20N2O3.